The van der Waals surface area contributed by atoms with Crippen molar-refractivity contribution in [3.8, 4) is 5.75 Å². The molecule has 0 aliphatic heterocycles. The second kappa shape index (κ2) is 6.48. The van der Waals surface area contributed by atoms with Gasteiger partial charge in [0.15, 0.2) is 6.61 Å². The van der Waals surface area contributed by atoms with E-state index in [2.05, 4.69) is 19.1 Å². The van der Waals surface area contributed by atoms with E-state index in [9.17, 15) is 9.90 Å². The van der Waals surface area contributed by atoms with Gasteiger partial charge in [0.05, 0.1) is 6.10 Å². The number of rotatable bonds is 5. The summed E-state index contributed by atoms with van der Waals surface area (Å²) >= 11 is 0. The van der Waals surface area contributed by atoms with Gasteiger partial charge in [-0.2, -0.15) is 0 Å². The lowest BCUT2D eigenvalue weighted by Crippen LogP contribution is -2.41. The van der Waals surface area contributed by atoms with Gasteiger partial charge in [-0.25, -0.2) is 0 Å². The Morgan fingerprint density at radius 2 is 1.86 bits per heavy atom. The van der Waals surface area contributed by atoms with E-state index >= 15 is 0 Å². The number of carbonyl (C=O) groups excluding carboxylic acids is 1. The van der Waals surface area contributed by atoms with E-state index in [-0.39, 0.29) is 18.6 Å². The molecule has 0 radical (unpaired) electrons. The number of aliphatic hydroxyl groups excluding tert-OH is 1. The molecule has 4 nitrogen and oxygen atoms in total. The van der Waals surface area contributed by atoms with Crippen LogP contribution in [-0.2, 0) is 4.79 Å². The molecule has 1 fully saturated rings. The minimum Gasteiger partial charge on any atom is -0.483 e. The van der Waals surface area contributed by atoms with Crippen molar-refractivity contribution >= 4 is 5.91 Å². The highest BCUT2D eigenvalue weighted by Crippen LogP contribution is 2.28. The SMILES string of the molecule is Cc1cc(C)c(OCC(=O)N(C)CC2CC(O)C2)c(C)c1. The normalized spacial score (nSPS) is 20.8. The molecule has 1 N–H and O–H groups in total. The van der Waals surface area contributed by atoms with Crippen LogP contribution < -0.4 is 4.74 Å². The first-order chi connectivity index (χ1) is 9.86. The number of hydrogen-bond acceptors (Lipinski definition) is 3. The molecule has 2 rings (SSSR count). The largest absolute Gasteiger partial charge is 0.483 e. The zero-order chi connectivity index (χ0) is 15.6. The van der Waals surface area contributed by atoms with Crippen LogP contribution in [0.3, 0.4) is 0 Å². The van der Waals surface area contributed by atoms with Gasteiger partial charge >= 0.3 is 0 Å². The molecular weight excluding hydrogens is 266 g/mol. The summed E-state index contributed by atoms with van der Waals surface area (Å²) in [6.07, 6.45) is 1.43. The quantitative estimate of drug-likeness (QED) is 0.905. The Balaban J connectivity index is 1.86. The average Bonchev–Trinajstić information content (AvgIpc) is 2.35. The van der Waals surface area contributed by atoms with Gasteiger partial charge in [-0.05, 0) is 50.7 Å². The minimum absolute atomic E-state index is 0.0178. The molecule has 0 heterocycles. The topological polar surface area (TPSA) is 49.8 Å². The Bertz CT molecular complexity index is 498. The van der Waals surface area contributed by atoms with Gasteiger partial charge in [0.2, 0.25) is 0 Å². The second-order valence-corrected chi connectivity index (χ2v) is 6.28. The summed E-state index contributed by atoms with van der Waals surface area (Å²) in [5, 5.41) is 9.28. The number of nitrogens with zero attached hydrogens (tertiary/aromatic N) is 1. The Morgan fingerprint density at radius 3 is 2.38 bits per heavy atom. The van der Waals surface area contributed by atoms with Crippen LogP contribution in [-0.4, -0.2) is 42.2 Å². The zero-order valence-electron chi connectivity index (χ0n) is 13.3. The first kappa shape index (κ1) is 15.8. The summed E-state index contributed by atoms with van der Waals surface area (Å²) in [5.74, 6) is 1.22. The van der Waals surface area contributed by atoms with E-state index in [1.165, 1.54) is 5.56 Å². The molecule has 4 heteroatoms. The van der Waals surface area contributed by atoms with Crippen LogP contribution in [0.15, 0.2) is 12.1 Å². The monoisotopic (exact) mass is 291 g/mol. The molecule has 1 aliphatic rings. The van der Waals surface area contributed by atoms with Crippen molar-refractivity contribution in [2.45, 2.75) is 39.7 Å². The number of aryl methyl sites for hydroxylation is 3. The fraction of sp³-hybridized carbons (Fsp3) is 0.588. The van der Waals surface area contributed by atoms with E-state index in [0.717, 1.165) is 29.7 Å². The molecule has 0 bridgehead atoms. The van der Waals surface area contributed by atoms with E-state index in [1.54, 1.807) is 11.9 Å². The molecule has 1 amide bonds. The number of benzene rings is 1. The highest BCUT2D eigenvalue weighted by Gasteiger charge is 2.29. The fourth-order valence-electron chi connectivity index (χ4n) is 2.98. The van der Waals surface area contributed by atoms with Crippen molar-refractivity contribution < 1.29 is 14.6 Å². The van der Waals surface area contributed by atoms with E-state index in [0.29, 0.717) is 12.5 Å². The number of carbonyl (C=O) groups is 1. The van der Waals surface area contributed by atoms with Crippen LogP contribution in [0.1, 0.15) is 29.5 Å². The lowest BCUT2D eigenvalue weighted by molar-refractivity contribution is -0.133. The highest BCUT2D eigenvalue weighted by molar-refractivity contribution is 5.77. The van der Waals surface area contributed by atoms with Crippen LogP contribution in [0.5, 0.6) is 5.75 Å². The Hall–Kier alpha value is -1.55. The fourth-order valence-corrected chi connectivity index (χ4v) is 2.98. The summed E-state index contributed by atoms with van der Waals surface area (Å²) in [6.45, 7) is 6.82. The van der Waals surface area contributed by atoms with Crippen LogP contribution in [0.2, 0.25) is 0 Å². The number of ether oxygens (including phenoxy) is 1. The van der Waals surface area contributed by atoms with Crippen molar-refractivity contribution in [2.24, 2.45) is 5.92 Å². The standard InChI is InChI=1S/C17H25NO3/c1-11-5-12(2)17(13(3)6-11)21-10-16(20)18(4)9-14-7-15(19)8-14/h5-6,14-15,19H,7-10H2,1-4H3. The number of hydrogen-bond donors (Lipinski definition) is 1. The first-order valence-corrected chi connectivity index (χ1v) is 7.49. The van der Waals surface area contributed by atoms with Gasteiger partial charge in [-0.15, -0.1) is 0 Å². The third-order valence-corrected chi connectivity index (χ3v) is 4.11. The van der Waals surface area contributed by atoms with E-state index < -0.39 is 0 Å². The first-order valence-electron chi connectivity index (χ1n) is 7.49. The van der Waals surface area contributed by atoms with Crippen molar-refractivity contribution in [3.05, 3.63) is 28.8 Å². The van der Waals surface area contributed by atoms with Gasteiger partial charge in [0.1, 0.15) is 5.75 Å². The van der Waals surface area contributed by atoms with Gasteiger partial charge in [0.25, 0.3) is 5.91 Å². The molecule has 0 aromatic heterocycles. The molecule has 21 heavy (non-hydrogen) atoms. The molecule has 0 unspecified atom stereocenters. The Morgan fingerprint density at radius 1 is 1.29 bits per heavy atom. The Labute approximate surface area is 126 Å². The second-order valence-electron chi connectivity index (χ2n) is 6.28. The van der Waals surface area contributed by atoms with E-state index in [4.69, 9.17) is 4.74 Å². The number of amides is 1. The molecule has 0 atom stereocenters. The van der Waals surface area contributed by atoms with Crippen LogP contribution >= 0.6 is 0 Å². The van der Waals surface area contributed by atoms with Gasteiger partial charge in [0, 0.05) is 13.6 Å². The lowest BCUT2D eigenvalue weighted by Gasteiger charge is -2.34. The number of aliphatic hydroxyl groups is 1. The van der Waals surface area contributed by atoms with Crippen LogP contribution in [0, 0.1) is 26.7 Å². The molecule has 0 saturated heterocycles. The molecule has 1 aromatic carbocycles. The lowest BCUT2D eigenvalue weighted by atomic mass is 9.82. The van der Waals surface area contributed by atoms with Crippen molar-refractivity contribution in [1.82, 2.24) is 4.90 Å². The van der Waals surface area contributed by atoms with Crippen LogP contribution in [0.4, 0.5) is 0 Å². The molecule has 1 aromatic rings. The minimum atomic E-state index is -0.174. The predicted octanol–water partition coefficient (Wildman–Crippen LogP) is 2.22. The maximum absolute atomic E-state index is 12.1. The summed E-state index contributed by atoms with van der Waals surface area (Å²) in [6, 6.07) is 4.12. The zero-order valence-corrected chi connectivity index (χ0v) is 13.3. The third-order valence-electron chi connectivity index (χ3n) is 4.11. The summed E-state index contributed by atoms with van der Waals surface area (Å²) in [5.41, 5.74) is 3.32. The van der Waals surface area contributed by atoms with Crippen LogP contribution in [0.25, 0.3) is 0 Å². The predicted molar refractivity (Wildman–Crippen MR) is 82.5 cm³/mol. The van der Waals surface area contributed by atoms with Gasteiger partial charge < -0.3 is 14.7 Å². The molecule has 1 saturated carbocycles. The highest BCUT2D eigenvalue weighted by atomic mass is 16.5. The third kappa shape index (κ3) is 3.97. The van der Waals surface area contributed by atoms with Gasteiger partial charge in [-0.1, -0.05) is 17.7 Å². The van der Waals surface area contributed by atoms with Crippen molar-refractivity contribution in [1.29, 1.82) is 0 Å². The van der Waals surface area contributed by atoms with E-state index in [1.807, 2.05) is 13.8 Å². The molecule has 0 spiro atoms. The molecule has 116 valence electrons. The smallest absolute Gasteiger partial charge is 0.260 e. The summed E-state index contributed by atoms with van der Waals surface area (Å²) < 4.78 is 5.72. The van der Waals surface area contributed by atoms with Crippen molar-refractivity contribution in [3.63, 3.8) is 0 Å². The van der Waals surface area contributed by atoms with Crippen molar-refractivity contribution in [2.75, 3.05) is 20.2 Å². The maximum Gasteiger partial charge on any atom is 0.260 e. The molecule has 1 aliphatic carbocycles. The maximum atomic E-state index is 12.1. The number of likely N-dealkylation sites (N-methyl/N-ethyl adjacent to an activating group) is 1. The average molecular weight is 291 g/mol. The summed E-state index contributed by atoms with van der Waals surface area (Å²) in [7, 11) is 1.80. The summed E-state index contributed by atoms with van der Waals surface area (Å²) in [4.78, 5) is 13.8. The molecular formula is C17H25NO3. The Kier molecular flexibility index (Phi) is 4.88. The van der Waals surface area contributed by atoms with Gasteiger partial charge in [-0.3, -0.25) is 4.79 Å².